The molecule has 1 aromatic carbocycles. The van der Waals surface area contributed by atoms with Gasteiger partial charge in [0.05, 0.1) is 18.8 Å². The quantitative estimate of drug-likeness (QED) is 0.789. The Morgan fingerprint density at radius 2 is 2.10 bits per heavy atom. The zero-order valence-corrected chi connectivity index (χ0v) is 11.4. The smallest absolute Gasteiger partial charge is 0.119 e. The molecule has 4 heteroatoms. The van der Waals surface area contributed by atoms with E-state index >= 15 is 0 Å². The van der Waals surface area contributed by atoms with E-state index in [-0.39, 0.29) is 0 Å². The van der Waals surface area contributed by atoms with E-state index in [2.05, 4.69) is 21.6 Å². The van der Waals surface area contributed by atoms with Crippen LogP contribution in [0.3, 0.4) is 0 Å². The molecule has 0 aliphatic heterocycles. The van der Waals surface area contributed by atoms with Crippen LogP contribution >= 0.6 is 0 Å². The second-order valence-electron chi connectivity index (χ2n) is 4.74. The van der Waals surface area contributed by atoms with Crippen molar-refractivity contribution in [1.29, 1.82) is 0 Å². The van der Waals surface area contributed by atoms with Crippen LogP contribution in [0.1, 0.15) is 17.0 Å². The summed E-state index contributed by atoms with van der Waals surface area (Å²) in [5.74, 6) is 1.87. The number of aromatic nitrogens is 2. The molecule has 2 heterocycles. The Morgan fingerprint density at radius 3 is 2.90 bits per heavy atom. The Morgan fingerprint density at radius 1 is 1.20 bits per heavy atom. The zero-order chi connectivity index (χ0) is 13.9. The average Bonchev–Trinajstić information content (AvgIpc) is 2.89. The largest absolute Gasteiger partial charge is 0.497 e. The van der Waals surface area contributed by atoms with Gasteiger partial charge >= 0.3 is 0 Å². The van der Waals surface area contributed by atoms with Crippen molar-refractivity contribution in [3.8, 4) is 5.75 Å². The number of nitrogens with two attached hydrogens (primary N) is 1. The number of fused-ring (bicyclic) bond motifs is 1. The van der Waals surface area contributed by atoms with Crippen LogP contribution in [0.4, 0.5) is 0 Å². The van der Waals surface area contributed by atoms with Crippen molar-refractivity contribution in [1.82, 2.24) is 9.38 Å². The molecule has 0 unspecified atom stereocenters. The minimum atomic E-state index is 0.534. The third-order valence-corrected chi connectivity index (χ3v) is 3.40. The van der Waals surface area contributed by atoms with Gasteiger partial charge in [0.15, 0.2) is 0 Å². The van der Waals surface area contributed by atoms with Crippen molar-refractivity contribution in [2.24, 2.45) is 5.73 Å². The topological polar surface area (TPSA) is 52.5 Å². The van der Waals surface area contributed by atoms with E-state index in [1.54, 1.807) is 7.11 Å². The van der Waals surface area contributed by atoms with Gasteiger partial charge in [0.2, 0.25) is 0 Å². The number of hydrogen-bond acceptors (Lipinski definition) is 3. The molecule has 20 heavy (non-hydrogen) atoms. The van der Waals surface area contributed by atoms with E-state index in [1.165, 1.54) is 5.56 Å². The van der Waals surface area contributed by atoms with Gasteiger partial charge in [-0.05, 0) is 29.3 Å². The maximum Gasteiger partial charge on any atom is 0.119 e. The maximum atomic E-state index is 5.70. The van der Waals surface area contributed by atoms with Crippen molar-refractivity contribution >= 4 is 5.52 Å². The number of rotatable bonds is 4. The number of pyridine rings is 1. The van der Waals surface area contributed by atoms with Gasteiger partial charge in [-0.25, -0.2) is 4.98 Å². The van der Waals surface area contributed by atoms with Gasteiger partial charge < -0.3 is 14.9 Å². The molecule has 0 saturated heterocycles. The summed E-state index contributed by atoms with van der Waals surface area (Å²) in [6, 6.07) is 12.1. The minimum Gasteiger partial charge on any atom is -0.497 e. The lowest BCUT2D eigenvalue weighted by molar-refractivity contribution is 0.414. The summed E-state index contributed by atoms with van der Waals surface area (Å²) in [5, 5.41) is 0. The van der Waals surface area contributed by atoms with Crippen molar-refractivity contribution in [3.63, 3.8) is 0 Å². The molecule has 0 fully saturated rings. The van der Waals surface area contributed by atoms with E-state index in [1.807, 2.05) is 36.5 Å². The molecule has 3 aromatic rings. The van der Waals surface area contributed by atoms with Crippen molar-refractivity contribution in [2.75, 3.05) is 7.11 Å². The summed E-state index contributed by atoms with van der Waals surface area (Å²) in [6.45, 7) is 0.534. The highest BCUT2D eigenvalue weighted by molar-refractivity contribution is 5.47. The lowest BCUT2D eigenvalue weighted by atomic mass is 10.1. The van der Waals surface area contributed by atoms with Crippen molar-refractivity contribution in [3.05, 3.63) is 65.7 Å². The summed E-state index contributed by atoms with van der Waals surface area (Å²) < 4.78 is 7.35. The predicted octanol–water partition coefficient (Wildman–Crippen LogP) is 2.39. The number of methoxy groups -OCH3 is 1. The molecule has 0 saturated carbocycles. The second kappa shape index (κ2) is 5.35. The summed E-state index contributed by atoms with van der Waals surface area (Å²) in [5.41, 5.74) is 9.06. The first-order valence-corrected chi connectivity index (χ1v) is 6.58. The molecule has 2 N–H and O–H groups in total. The normalized spacial score (nSPS) is 10.9. The Hall–Kier alpha value is -2.33. The third kappa shape index (κ3) is 2.38. The molecule has 0 radical (unpaired) electrons. The van der Waals surface area contributed by atoms with Crippen molar-refractivity contribution in [2.45, 2.75) is 13.0 Å². The summed E-state index contributed by atoms with van der Waals surface area (Å²) in [6.07, 6.45) is 4.70. The highest BCUT2D eigenvalue weighted by Gasteiger charge is 2.06. The Balaban J connectivity index is 1.97. The van der Waals surface area contributed by atoms with Gasteiger partial charge in [0, 0.05) is 19.2 Å². The molecule has 0 spiro atoms. The number of benzene rings is 1. The molecule has 2 aromatic heterocycles. The molecule has 0 aliphatic carbocycles. The van der Waals surface area contributed by atoms with Crippen molar-refractivity contribution < 1.29 is 4.74 Å². The molecule has 4 nitrogen and oxygen atoms in total. The van der Waals surface area contributed by atoms with Gasteiger partial charge in [0.25, 0.3) is 0 Å². The van der Waals surface area contributed by atoms with Gasteiger partial charge in [-0.2, -0.15) is 0 Å². The molecule has 0 bridgehead atoms. The highest BCUT2D eigenvalue weighted by Crippen LogP contribution is 2.17. The maximum absolute atomic E-state index is 5.70. The standard InChI is InChI=1S/C16H17N3O/c1-20-15-4-2-3-12(7-15)8-16-18-10-14-6-5-13(9-17)11-19(14)16/h2-7,10-11H,8-9,17H2,1H3. The fourth-order valence-electron chi connectivity index (χ4n) is 2.30. The Bertz CT molecular complexity index is 733. The van der Waals surface area contributed by atoms with Gasteiger partial charge in [0.1, 0.15) is 11.6 Å². The van der Waals surface area contributed by atoms with Crippen LogP contribution in [0.25, 0.3) is 5.52 Å². The third-order valence-electron chi connectivity index (χ3n) is 3.40. The SMILES string of the molecule is COc1cccc(Cc2ncc3ccc(CN)cn23)c1. The van der Waals surface area contributed by atoms with Crippen LogP contribution in [0.5, 0.6) is 5.75 Å². The van der Waals surface area contributed by atoms with Gasteiger partial charge in [-0.1, -0.05) is 18.2 Å². The molecular formula is C16H17N3O. The minimum absolute atomic E-state index is 0.534. The lowest BCUT2D eigenvalue weighted by Gasteiger charge is -2.05. The van der Waals surface area contributed by atoms with E-state index in [0.717, 1.165) is 29.1 Å². The van der Waals surface area contributed by atoms with E-state index in [4.69, 9.17) is 10.5 Å². The molecule has 0 atom stereocenters. The first kappa shape index (κ1) is 12.7. The molecule has 102 valence electrons. The first-order chi connectivity index (χ1) is 9.80. The average molecular weight is 267 g/mol. The van der Waals surface area contributed by atoms with E-state index in [9.17, 15) is 0 Å². The first-order valence-electron chi connectivity index (χ1n) is 6.58. The summed E-state index contributed by atoms with van der Waals surface area (Å²) in [7, 11) is 1.68. The second-order valence-corrected chi connectivity index (χ2v) is 4.74. The van der Waals surface area contributed by atoms with Crippen LogP contribution < -0.4 is 10.5 Å². The Kier molecular flexibility index (Phi) is 3.39. The molecule has 3 rings (SSSR count). The monoisotopic (exact) mass is 267 g/mol. The van der Waals surface area contributed by atoms with Gasteiger partial charge in [-0.3, -0.25) is 0 Å². The fraction of sp³-hybridized carbons (Fsp3) is 0.188. The molecule has 0 amide bonds. The number of ether oxygens (including phenoxy) is 1. The molecular weight excluding hydrogens is 250 g/mol. The zero-order valence-electron chi connectivity index (χ0n) is 11.4. The summed E-state index contributed by atoms with van der Waals surface area (Å²) >= 11 is 0. The van der Waals surface area contributed by atoms with Crippen LogP contribution in [0.15, 0.2) is 48.8 Å². The van der Waals surface area contributed by atoms with Crippen LogP contribution in [-0.4, -0.2) is 16.5 Å². The summed E-state index contributed by atoms with van der Waals surface area (Å²) in [4.78, 5) is 4.50. The van der Waals surface area contributed by atoms with E-state index in [0.29, 0.717) is 6.54 Å². The molecule has 0 aliphatic rings. The Labute approximate surface area is 117 Å². The predicted molar refractivity (Wildman–Crippen MR) is 78.9 cm³/mol. The van der Waals surface area contributed by atoms with Crippen LogP contribution in [-0.2, 0) is 13.0 Å². The van der Waals surface area contributed by atoms with E-state index < -0.39 is 0 Å². The van der Waals surface area contributed by atoms with Crippen LogP contribution in [0, 0.1) is 0 Å². The lowest BCUT2D eigenvalue weighted by Crippen LogP contribution is -2.01. The fourth-order valence-corrected chi connectivity index (χ4v) is 2.30. The number of imidazole rings is 1. The van der Waals surface area contributed by atoms with Crippen LogP contribution in [0.2, 0.25) is 0 Å². The van der Waals surface area contributed by atoms with Gasteiger partial charge in [-0.15, -0.1) is 0 Å². The number of hydrogen-bond donors (Lipinski definition) is 1. The number of nitrogens with zero attached hydrogens (tertiary/aromatic N) is 2. The highest BCUT2D eigenvalue weighted by atomic mass is 16.5.